The lowest BCUT2D eigenvalue weighted by atomic mass is 10.2. The first-order chi connectivity index (χ1) is 12.7. The maximum absolute atomic E-state index is 12.0. The molecular weight excluding hydrogens is 376 g/mol. The zero-order chi connectivity index (χ0) is 17.9. The second kappa shape index (κ2) is 6.85. The molecule has 0 aliphatic heterocycles. The number of benzene rings is 2. The molecule has 4 aromatic rings. The molecule has 10 nitrogen and oxygen atoms in total. The van der Waals surface area contributed by atoms with Gasteiger partial charge in [-0.15, -0.1) is 0 Å². The average molecular weight is 386 g/mol. The van der Waals surface area contributed by atoms with Gasteiger partial charge in [-0.05, 0) is 24.3 Å². The maximum Gasteiger partial charge on any atom is 0.338 e. The molecule has 2 heterocycles. The van der Waals surface area contributed by atoms with E-state index in [9.17, 15) is 9.59 Å². The lowest BCUT2D eigenvalue weighted by Crippen LogP contribution is -2.45. The molecule has 0 bridgehead atoms. The molecular formula is C14H10N8O2S2. The van der Waals surface area contributed by atoms with Crippen LogP contribution in [0.3, 0.4) is 0 Å². The highest BCUT2D eigenvalue weighted by molar-refractivity contribution is 7.00. The van der Waals surface area contributed by atoms with Crippen LogP contribution in [0.25, 0.3) is 22.1 Å². The topological polar surface area (TPSA) is 134 Å². The van der Waals surface area contributed by atoms with E-state index in [4.69, 9.17) is 0 Å². The van der Waals surface area contributed by atoms with Crippen LogP contribution in [0.2, 0.25) is 0 Å². The first-order valence-corrected chi connectivity index (χ1v) is 8.73. The number of carbonyl (C=O) groups excluding carboxylic acids is 2. The summed E-state index contributed by atoms with van der Waals surface area (Å²) < 4.78 is 16.4. The third-order valence-corrected chi connectivity index (χ3v) is 4.44. The molecule has 0 fully saturated rings. The molecule has 12 heteroatoms. The smallest absolute Gasteiger partial charge is 0.304 e. The molecule has 0 aliphatic carbocycles. The van der Waals surface area contributed by atoms with Gasteiger partial charge < -0.3 is 10.6 Å². The molecule has 4 N–H and O–H groups in total. The van der Waals surface area contributed by atoms with Crippen molar-refractivity contribution in [3.8, 4) is 0 Å². The molecule has 0 spiro atoms. The van der Waals surface area contributed by atoms with E-state index in [1.165, 1.54) is 0 Å². The molecule has 0 saturated heterocycles. The Labute approximate surface area is 154 Å². The largest absolute Gasteiger partial charge is 0.338 e. The molecule has 2 aromatic heterocycles. The highest BCUT2D eigenvalue weighted by atomic mass is 32.1. The van der Waals surface area contributed by atoms with Gasteiger partial charge in [0, 0.05) is 0 Å². The van der Waals surface area contributed by atoms with Crippen molar-refractivity contribution in [3.63, 3.8) is 0 Å². The Hall–Kier alpha value is -3.38. The molecule has 2 aromatic carbocycles. The summed E-state index contributed by atoms with van der Waals surface area (Å²) in [7, 11) is 0. The Balaban J connectivity index is 1.36. The SMILES string of the molecule is O=C(NNC(=O)Nc1cccc2nsnc12)Nc1cccc2nsnc12. The number of carbonyl (C=O) groups is 2. The van der Waals surface area contributed by atoms with Crippen molar-refractivity contribution in [2.45, 2.75) is 0 Å². The first kappa shape index (κ1) is 16.1. The number of nitrogens with one attached hydrogen (secondary N) is 4. The van der Waals surface area contributed by atoms with Gasteiger partial charge in [-0.1, -0.05) is 12.1 Å². The molecule has 26 heavy (non-hydrogen) atoms. The predicted molar refractivity (Wildman–Crippen MR) is 99.1 cm³/mol. The summed E-state index contributed by atoms with van der Waals surface area (Å²) >= 11 is 2.11. The van der Waals surface area contributed by atoms with Crippen LogP contribution in [-0.4, -0.2) is 29.6 Å². The van der Waals surface area contributed by atoms with Gasteiger partial charge in [-0.25, -0.2) is 20.4 Å². The predicted octanol–water partition coefficient (Wildman–Crippen LogP) is 2.55. The van der Waals surface area contributed by atoms with Crippen LogP contribution in [0.1, 0.15) is 0 Å². The summed E-state index contributed by atoms with van der Waals surface area (Å²) in [4.78, 5) is 24.0. The molecule has 0 atom stereocenters. The first-order valence-electron chi connectivity index (χ1n) is 7.27. The normalized spacial score (nSPS) is 10.6. The molecule has 0 unspecified atom stereocenters. The van der Waals surface area contributed by atoms with Crippen LogP contribution in [-0.2, 0) is 0 Å². The fourth-order valence-corrected chi connectivity index (χ4v) is 3.33. The van der Waals surface area contributed by atoms with Crippen molar-refractivity contribution in [2.24, 2.45) is 0 Å². The number of urea groups is 2. The Morgan fingerprint density at radius 3 is 1.62 bits per heavy atom. The average Bonchev–Trinajstić information content (AvgIpc) is 3.30. The number of fused-ring (bicyclic) bond motifs is 2. The van der Waals surface area contributed by atoms with Crippen LogP contribution < -0.4 is 21.5 Å². The third-order valence-electron chi connectivity index (χ3n) is 3.36. The molecule has 4 amide bonds. The van der Waals surface area contributed by atoms with Gasteiger partial charge in [0.15, 0.2) is 0 Å². The number of anilines is 2. The van der Waals surface area contributed by atoms with Crippen LogP contribution in [0.4, 0.5) is 21.0 Å². The van der Waals surface area contributed by atoms with E-state index in [2.05, 4.69) is 39.0 Å². The number of hydrazine groups is 1. The van der Waals surface area contributed by atoms with Gasteiger partial charge >= 0.3 is 12.1 Å². The van der Waals surface area contributed by atoms with E-state index in [1.807, 2.05) is 0 Å². The van der Waals surface area contributed by atoms with Crippen molar-refractivity contribution in [2.75, 3.05) is 10.6 Å². The van der Waals surface area contributed by atoms with Crippen molar-refractivity contribution < 1.29 is 9.59 Å². The van der Waals surface area contributed by atoms with Gasteiger partial charge in [-0.3, -0.25) is 0 Å². The van der Waals surface area contributed by atoms with Gasteiger partial charge in [0.1, 0.15) is 22.1 Å². The van der Waals surface area contributed by atoms with Gasteiger partial charge in [-0.2, -0.15) is 17.5 Å². The molecule has 4 rings (SSSR count). The van der Waals surface area contributed by atoms with Crippen molar-refractivity contribution in [3.05, 3.63) is 36.4 Å². The summed E-state index contributed by atoms with van der Waals surface area (Å²) in [5.41, 5.74) is 8.04. The number of hydrogen-bond donors (Lipinski definition) is 4. The Morgan fingerprint density at radius 2 is 1.15 bits per heavy atom. The van der Waals surface area contributed by atoms with E-state index in [0.29, 0.717) is 33.4 Å². The Kier molecular flexibility index (Phi) is 4.25. The van der Waals surface area contributed by atoms with Gasteiger partial charge in [0.05, 0.1) is 34.8 Å². The van der Waals surface area contributed by atoms with Gasteiger partial charge in [0.25, 0.3) is 0 Å². The zero-order valence-electron chi connectivity index (χ0n) is 12.9. The van der Waals surface area contributed by atoms with E-state index < -0.39 is 12.1 Å². The highest BCUT2D eigenvalue weighted by Gasteiger charge is 2.11. The molecule has 130 valence electrons. The number of amides is 4. The standard InChI is InChI=1S/C14H10N8O2S2/c23-13(15-7-3-1-5-9-11(7)21-25-19-9)17-18-14(24)16-8-4-2-6-10-12(8)22-26-20-10/h1-6H,(H2,15,17,23)(H2,16,18,24). The van der Waals surface area contributed by atoms with Crippen LogP contribution in [0, 0.1) is 0 Å². The lowest BCUT2D eigenvalue weighted by Gasteiger charge is -2.10. The Bertz CT molecular complexity index is 1020. The maximum atomic E-state index is 12.0. The van der Waals surface area contributed by atoms with Gasteiger partial charge in [0.2, 0.25) is 0 Å². The van der Waals surface area contributed by atoms with E-state index >= 15 is 0 Å². The summed E-state index contributed by atoms with van der Waals surface area (Å²) in [6.45, 7) is 0. The third kappa shape index (κ3) is 3.22. The molecule has 0 aliphatic rings. The fraction of sp³-hybridized carbons (Fsp3) is 0. The number of aromatic nitrogens is 4. The van der Waals surface area contributed by atoms with Crippen LogP contribution in [0.5, 0.6) is 0 Å². The minimum absolute atomic E-state index is 0.495. The number of hydrogen-bond acceptors (Lipinski definition) is 8. The molecule has 0 saturated carbocycles. The summed E-state index contributed by atoms with van der Waals surface area (Å²) in [5.74, 6) is 0. The van der Waals surface area contributed by atoms with E-state index in [1.54, 1.807) is 36.4 Å². The number of rotatable bonds is 2. The summed E-state index contributed by atoms with van der Waals surface area (Å²) in [6.07, 6.45) is 0. The van der Waals surface area contributed by atoms with Crippen molar-refractivity contribution in [1.29, 1.82) is 0 Å². The lowest BCUT2D eigenvalue weighted by molar-refractivity contribution is 0.237. The fourth-order valence-electron chi connectivity index (χ4n) is 2.23. The van der Waals surface area contributed by atoms with Crippen molar-refractivity contribution in [1.82, 2.24) is 28.3 Å². The zero-order valence-corrected chi connectivity index (χ0v) is 14.5. The van der Waals surface area contributed by atoms with Crippen molar-refractivity contribution >= 4 is 69.0 Å². The van der Waals surface area contributed by atoms with Crippen LogP contribution >= 0.6 is 23.5 Å². The highest BCUT2D eigenvalue weighted by Crippen LogP contribution is 2.21. The minimum Gasteiger partial charge on any atom is -0.304 e. The second-order valence-corrected chi connectivity index (χ2v) is 6.09. The number of nitrogens with zero attached hydrogens (tertiary/aromatic N) is 4. The summed E-state index contributed by atoms with van der Waals surface area (Å²) in [5, 5.41) is 5.21. The van der Waals surface area contributed by atoms with E-state index in [0.717, 1.165) is 23.5 Å². The quantitative estimate of drug-likeness (QED) is 0.391. The Morgan fingerprint density at radius 1 is 0.692 bits per heavy atom. The second-order valence-electron chi connectivity index (χ2n) is 5.03. The van der Waals surface area contributed by atoms with E-state index in [-0.39, 0.29) is 0 Å². The minimum atomic E-state index is -0.616. The monoisotopic (exact) mass is 386 g/mol. The summed E-state index contributed by atoms with van der Waals surface area (Å²) in [6, 6.07) is 9.24. The van der Waals surface area contributed by atoms with Crippen LogP contribution in [0.15, 0.2) is 36.4 Å². The molecule has 0 radical (unpaired) electrons.